The molecular weight excluding hydrogens is 575 g/mol. The molecular formula is C44H29NS. The Bertz CT molecular complexity index is 2510. The smallest absolute Gasteiger partial charge is 0.0561 e. The fourth-order valence-electron chi connectivity index (χ4n) is 6.75. The highest BCUT2D eigenvalue weighted by Gasteiger charge is 2.21. The average molecular weight is 604 g/mol. The maximum Gasteiger partial charge on any atom is 0.0561 e. The van der Waals surface area contributed by atoms with E-state index < -0.39 is 0 Å². The van der Waals surface area contributed by atoms with Crippen LogP contribution in [0.2, 0.25) is 0 Å². The number of thiophene rings is 1. The van der Waals surface area contributed by atoms with E-state index in [4.69, 9.17) is 0 Å². The zero-order valence-electron chi connectivity index (χ0n) is 25.1. The quantitative estimate of drug-likeness (QED) is 0.189. The Morgan fingerprint density at radius 2 is 0.913 bits per heavy atom. The molecule has 1 heterocycles. The van der Waals surface area contributed by atoms with E-state index in [1.165, 1.54) is 69.7 Å². The normalized spacial score (nSPS) is 11.5. The minimum Gasteiger partial charge on any atom is -0.310 e. The maximum absolute atomic E-state index is 2.44. The first-order chi connectivity index (χ1) is 22.8. The number of anilines is 3. The Morgan fingerprint density at radius 1 is 0.370 bits per heavy atom. The predicted molar refractivity (Wildman–Crippen MR) is 200 cm³/mol. The van der Waals surface area contributed by atoms with Gasteiger partial charge < -0.3 is 4.90 Å². The summed E-state index contributed by atoms with van der Waals surface area (Å²) in [6.07, 6.45) is 0. The summed E-state index contributed by atoms with van der Waals surface area (Å²) >= 11 is 1.89. The Kier molecular flexibility index (Phi) is 6.40. The minimum atomic E-state index is 1.13. The second-order valence-electron chi connectivity index (χ2n) is 11.8. The molecule has 0 bridgehead atoms. The van der Waals surface area contributed by atoms with E-state index in [2.05, 4.69) is 181 Å². The summed E-state index contributed by atoms with van der Waals surface area (Å²) in [7, 11) is 0. The number of nitrogens with zero attached hydrogens (tertiary/aromatic N) is 1. The van der Waals surface area contributed by atoms with Crippen molar-refractivity contribution in [1.82, 2.24) is 0 Å². The second kappa shape index (κ2) is 11.0. The van der Waals surface area contributed by atoms with Crippen LogP contribution >= 0.6 is 11.3 Å². The molecule has 0 fully saturated rings. The van der Waals surface area contributed by atoms with Crippen LogP contribution in [0.15, 0.2) is 176 Å². The lowest BCUT2D eigenvalue weighted by molar-refractivity contribution is 1.30. The molecule has 46 heavy (non-hydrogen) atoms. The molecule has 0 saturated carbocycles. The first-order valence-corrected chi connectivity index (χ1v) is 16.5. The first kappa shape index (κ1) is 26.7. The van der Waals surface area contributed by atoms with Crippen LogP contribution in [0.5, 0.6) is 0 Å². The van der Waals surface area contributed by atoms with E-state index in [0.29, 0.717) is 0 Å². The Hall–Kier alpha value is -5.70. The monoisotopic (exact) mass is 603 g/mol. The van der Waals surface area contributed by atoms with Crippen molar-refractivity contribution in [3.05, 3.63) is 176 Å². The van der Waals surface area contributed by atoms with Gasteiger partial charge in [0, 0.05) is 31.5 Å². The van der Waals surface area contributed by atoms with E-state index in [1.54, 1.807) is 0 Å². The molecule has 0 saturated heterocycles. The van der Waals surface area contributed by atoms with Gasteiger partial charge in [-0.2, -0.15) is 0 Å². The number of hydrogen-bond donors (Lipinski definition) is 0. The summed E-state index contributed by atoms with van der Waals surface area (Å²) in [6.45, 7) is 0. The van der Waals surface area contributed by atoms with E-state index in [0.717, 1.165) is 11.4 Å². The lowest BCUT2D eigenvalue weighted by Crippen LogP contribution is -2.10. The van der Waals surface area contributed by atoms with Crippen molar-refractivity contribution in [3.8, 4) is 22.3 Å². The van der Waals surface area contributed by atoms with Crippen molar-refractivity contribution >= 4 is 70.1 Å². The highest BCUT2D eigenvalue weighted by molar-refractivity contribution is 7.26. The molecule has 0 atom stereocenters. The summed E-state index contributed by atoms with van der Waals surface area (Å²) in [4.78, 5) is 2.44. The van der Waals surface area contributed by atoms with Crippen molar-refractivity contribution in [1.29, 1.82) is 0 Å². The Morgan fingerprint density at radius 3 is 1.65 bits per heavy atom. The van der Waals surface area contributed by atoms with Gasteiger partial charge in [0.2, 0.25) is 0 Å². The van der Waals surface area contributed by atoms with Crippen LogP contribution in [0.25, 0.3) is 64.0 Å². The molecule has 2 heteroatoms. The van der Waals surface area contributed by atoms with Gasteiger partial charge in [-0.3, -0.25) is 0 Å². The molecule has 8 aromatic carbocycles. The summed E-state index contributed by atoms with van der Waals surface area (Å²) in [5.74, 6) is 0. The first-order valence-electron chi connectivity index (χ1n) is 15.7. The molecule has 0 spiro atoms. The van der Waals surface area contributed by atoms with E-state index in [-0.39, 0.29) is 0 Å². The van der Waals surface area contributed by atoms with Crippen molar-refractivity contribution in [2.45, 2.75) is 0 Å². The van der Waals surface area contributed by atoms with Crippen LogP contribution < -0.4 is 4.90 Å². The van der Waals surface area contributed by atoms with Crippen LogP contribution in [0.1, 0.15) is 0 Å². The van der Waals surface area contributed by atoms with Gasteiger partial charge >= 0.3 is 0 Å². The van der Waals surface area contributed by atoms with Gasteiger partial charge in [-0.05, 0) is 86.3 Å². The fraction of sp³-hybridized carbons (Fsp3) is 0. The molecule has 0 N–H and O–H groups in total. The molecule has 0 aliphatic heterocycles. The zero-order valence-corrected chi connectivity index (χ0v) is 25.9. The summed E-state index contributed by atoms with van der Waals surface area (Å²) in [6, 6.07) is 63.9. The van der Waals surface area contributed by atoms with Crippen LogP contribution in [0.3, 0.4) is 0 Å². The number of benzene rings is 8. The molecule has 0 amide bonds. The number of rotatable bonds is 5. The van der Waals surface area contributed by atoms with Gasteiger partial charge in [-0.25, -0.2) is 0 Å². The fourth-order valence-corrected chi connectivity index (χ4v) is 8.01. The van der Waals surface area contributed by atoms with Gasteiger partial charge in [0.1, 0.15) is 0 Å². The Balaban J connectivity index is 1.25. The third kappa shape index (κ3) is 4.54. The van der Waals surface area contributed by atoms with E-state index >= 15 is 0 Å². The summed E-state index contributed by atoms with van der Waals surface area (Å²) in [5, 5.41) is 7.65. The van der Waals surface area contributed by atoms with Crippen LogP contribution in [-0.4, -0.2) is 0 Å². The zero-order chi connectivity index (χ0) is 30.5. The third-order valence-electron chi connectivity index (χ3n) is 9.03. The number of hydrogen-bond acceptors (Lipinski definition) is 2. The minimum absolute atomic E-state index is 1.13. The highest BCUT2D eigenvalue weighted by Crippen LogP contribution is 2.48. The van der Waals surface area contributed by atoms with Crippen molar-refractivity contribution in [3.63, 3.8) is 0 Å². The molecule has 9 aromatic rings. The van der Waals surface area contributed by atoms with Crippen LogP contribution in [-0.2, 0) is 0 Å². The van der Waals surface area contributed by atoms with Gasteiger partial charge in [-0.1, -0.05) is 133 Å². The van der Waals surface area contributed by atoms with Crippen molar-refractivity contribution < 1.29 is 0 Å². The topological polar surface area (TPSA) is 3.24 Å². The number of fused-ring (bicyclic) bond motifs is 6. The van der Waals surface area contributed by atoms with Gasteiger partial charge in [0.25, 0.3) is 0 Å². The van der Waals surface area contributed by atoms with Crippen LogP contribution in [0.4, 0.5) is 17.1 Å². The largest absolute Gasteiger partial charge is 0.310 e. The SMILES string of the molecule is c1ccc(-c2ccc(N(c3ccc(-c4ccc5ccccc5c4)cc3)c3cc4ccccc4c4sc5ccccc5c34)cc2)cc1. The van der Waals surface area contributed by atoms with Crippen molar-refractivity contribution in [2.75, 3.05) is 4.90 Å². The molecule has 1 aromatic heterocycles. The second-order valence-corrected chi connectivity index (χ2v) is 12.8. The standard InChI is InChI=1S/C44H29NS/c1-2-10-30(11-3-1)32-20-24-37(25-21-32)45(38-26-22-33(23-27-38)35-19-18-31-12-4-5-13-34(31)28-35)41-29-36-14-6-7-15-39(36)44-43(41)40-16-8-9-17-42(40)46-44/h1-29H. The highest BCUT2D eigenvalue weighted by atomic mass is 32.1. The van der Waals surface area contributed by atoms with E-state index in [1.807, 2.05) is 11.3 Å². The molecule has 1 nitrogen and oxygen atoms in total. The third-order valence-corrected chi connectivity index (χ3v) is 10.2. The van der Waals surface area contributed by atoms with Gasteiger partial charge in [-0.15, -0.1) is 11.3 Å². The molecule has 0 radical (unpaired) electrons. The van der Waals surface area contributed by atoms with Gasteiger partial charge in [0.05, 0.1) is 5.69 Å². The summed E-state index contributed by atoms with van der Waals surface area (Å²) < 4.78 is 2.63. The summed E-state index contributed by atoms with van der Waals surface area (Å²) in [5.41, 5.74) is 8.31. The van der Waals surface area contributed by atoms with Gasteiger partial charge in [0.15, 0.2) is 0 Å². The average Bonchev–Trinajstić information content (AvgIpc) is 3.53. The predicted octanol–water partition coefficient (Wildman–Crippen LogP) is 13.2. The Labute approximate surface area is 272 Å². The van der Waals surface area contributed by atoms with E-state index in [9.17, 15) is 0 Å². The molecule has 9 rings (SSSR count). The molecule has 216 valence electrons. The maximum atomic E-state index is 2.44. The lowest BCUT2D eigenvalue weighted by atomic mass is 9.99. The van der Waals surface area contributed by atoms with Crippen molar-refractivity contribution in [2.24, 2.45) is 0 Å². The molecule has 0 aliphatic rings. The molecule has 0 unspecified atom stereocenters. The lowest BCUT2D eigenvalue weighted by Gasteiger charge is -2.27. The van der Waals surface area contributed by atoms with Crippen LogP contribution in [0, 0.1) is 0 Å². The molecule has 0 aliphatic carbocycles.